The lowest BCUT2D eigenvalue weighted by atomic mass is 9.99. The van der Waals surface area contributed by atoms with Crippen LogP contribution >= 0.6 is 15.8 Å². The largest absolute Gasteiger partial charge is 0.105 e. The molecule has 4 atom stereocenters. The molecule has 0 radical (unpaired) electrons. The van der Waals surface area contributed by atoms with Gasteiger partial charge in [0, 0.05) is 0 Å². The van der Waals surface area contributed by atoms with Gasteiger partial charge in [-0.2, -0.15) is 0 Å². The first-order valence-corrected chi connectivity index (χ1v) is 15.6. The smallest absolute Gasteiger partial charge is 0.000797 e. The van der Waals surface area contributed by atoms with E-state index in [9.17, 15) is 0 Å². The minimum absolute atomic E-state index is 0.0179. The molecule has 4 unspecified atom stereocenters. The lowest BCUT2D eigenvalue weighted by molar-refractivity contribution is 0.631. The van der Waals surface area contributed by atoms with Crippen molar-refractivity contribution < 1.29 is 0 Å². The van der Waals surface area contributed by atoms with Gasteiger partial charge in [-0.1, -0.05) is 96.2 Å². The third kappa shape index (κ3) is 5.93. The normalized spacial score (nSPS) is 24.1. The van der Waals surface area contributed by atoms with Crippen LogP contribution in [0.5, 0.6) is 0 Å². The number of allylic oxidation sites excluding steroid dienone is 16. The van der Waals surface area contributed by atoms with Gasteiger partial charge in [0.05, 0.1) is 0 Å². The second-order valence-electron chi connectivity index (χ2n) is 9.21. The fourth-order valence-electron chi connectivity index (χ4n) is 5.16. The maximum Gasteiger partial charge on any atom is -0.000797 e. The molecule has 2 heteroatoms. The maximum atomic E-state index is 2.61. The van der Waals surface area contributed by atoms with E-state index in [4.69, 9.17) is 0 Å². The summed E-state index contributed by atoms with van der Waals surface area (Å²) in [7, 11) is -0.0439. The lowest BCUT2D eigenvalue weighted by Crippen LogP contribution is -2.28. The predicted octanol–water partition coefficient (Wildman–Crippen LogP) is 7.98. The molecule has 0 nitrogen and oxygen atoms in total. The van der Waals surface area contributed by atoms with Crippen LogP contribution in [0.1, 0.15) is 25.7 Å². The molecule has 0 saturated carbocycles. The second-order valence-corrected chi connectivity index (χ2v) is 14.2. The van der Waals surface area contributed by atoms with Crippen LogP contribution in [0.4, 0.5) is 0 Å². The molecule has 4 aliphatic rings. The summed E-state index contributed by atoms with van der Waals surface area (Å²) in [4.78, 5) is 0. The molecule has 0 aliphatic heterocycles. The average Bonchev–Trinajstić information content (AvgIpc) is 3.54. The lowest BCUT2D eigenvalue weighted by Gasteiger charge is -2.39. The average molecular weight is 435 g/mol. The summed E-state index contributed by atoms with van der Waals surface area (Å²) >= 11 is 0. The molecule has 0 aromatic carbocycles. The quantitative estimate of drug-likeness (QED) is 0.289. The van der Waals surface area contributed by atoms with Crippen LogP contribution in [-0.2, 0) is 0 Å². The van der Waals surface area contributed by atoms with Crippen LogP contribution in [0, 0.1) is 11.8 Å². The zero-order valence-corrected chi connectivity index (χ0v) is 20.3. The Morgan fingerprint density at radius 3 is 1.93 bits per heavy atom. The van der Waals surface area contributed by atoms with Crippen molar-refractivity contribution in [1.82, 2.24) is 0 Å². The monoisotopic (exact) mass is 434 g/mol. The zero-order valence-electron chi connectivity index (χ0n) is 18.5. The molecule has 0 N–H and O–H groups in total. The van der Waals surface area contributed by atoms with Gasteiger partial charge in [0.1, 0.15) is 0 Å². The Kier molecular flexibility index (Phi) is 7.98. The van der Waals surface area contributed by atoms with Crippen molar-refractivity contribution in [2.24, 2.45) is 11.8 Å². The van der Waals surface area contributed by atoms with Crippen molar-refractivity contribution in [1.29, 1.82) is 0 Å². The Morgan fingerprint density at radius 2 is 1.33 bits per heavy atom. The molecule has 0 saturated heterocycles. The Bertz CT molecular complexity index is 809. The van der Waals surface area contributed by atoms with Crippen LogP contribution in [0.3, 0.4) is 0 Å². The van der Waals surface area contributed by atoms with Crippen molar-refractivity contribution in [3.63, 3.8) is 0 Å². The number of hydrogen-bond donors (Lipinski definition) is 0. The molecule has 0 amide bonds. The van der Waals surface area contributed by atoms with E-state index in [1.807, 2.05) is 0 Å². The van der Waals surface area contributed by atoms with Gasteiger partial charge < -0.3 is 0 Å². The Morgan fingerprint density at radius 1 is 0.733 bits per heavy atom. The highest BCUT2D eigenvalue weighted by molar-refractivity contribution is 7.62. The van der Waals surface area contributed by atoms with E-state index in [1.165, 1.54) is 38.0 Å². The standard InChI is InChI=1S/C28H36P2/c1-29(21-25-15-7-8-16-25)27(19-23-11-3-4-12-23)28(20-24-13-5-6-14-24)30(2)22-26-17-9-10-18-26/h3-13,15-17,23,25,27-28H,14,18-22H2,1-2H3. The van der Waals surface area contributed by atoms with Gasteiger partial charge in [-0.25, -0.2) is 0 Å². The molecule has 158 valence electrons. The van der Waals surface area contributed by atoms with Gasteiger partial charge in [0.15, 0.2) is 0 Å². The maximum absolute atomic E-state index is 2.61. The van der Waals surface area contributed by atoms with E-state index in [-0.39, 0.29) is 15.8 Å². The zero-order chi connectivity index (χ0) is 20.8. The Labute approximate surface area is 186 Å². The third-order valence-corrected chi connectivity index (χ3v) is 12.4. The first kappa shape index (κ1) is 22.0. The summed E-state index contributed by atoms with van der Waals surface area (Å²) in [6.45, 7) is 5.21. The first-order chi connectivity index (χ1) is 14.7. The minimum atomic E-state index is -0.0260. The first-order valence-electron chi connectivity index (χ1n) is 11.5. The fourth-order valence-corrected chi connectivity index (χ4v) is 11.4. The van der Waals surface area contributed by atoms with Crippen LogP contribution in [0.25, 0.3) is 0 Å². The molecule has 0 spiro atoms. The summed E-state index contributed by atoms with van der Waals surface area (Å²) in [6.07, 6.45) is 40.3. The van der Waals surface area contributed by atoms with Crippen LogP contribution < -0.4 is 0 Å². The topological polar surface area (TPSA) is 0 Å². The molecule has 0 heterocycles. The molecule has 30 heavy (non-hydrogen) atoms. The minimum Gasteiger partial charge on any atom is -0.105 e. The van der Waals surface area contributed by atoms with Crippen molar-refractivity contribution in [3.8, 4) is 0 Å². The number of hydrogen-bond acceptors (Lipinski definition) is 0. The molecule has 0 aromatic rings. The second kappa shape index (κ2) is 10.9. The van der Waals surface area contributed by atoms with E-state index < -0.39 is 0 Å². The molecule has 4 aliphatic carbocycles. The van der Waals surface area contributed by atoms with Crippen LogP contribution in [0.2, 0.25) is 0 Å². The predicted molar refractivity (Wildman–Crippen MR) is 139 cm³/mol. The van der Waals surface area contributed by atoms with Crippen molar-refractivity contribution >= 4 is 15.8 Å². The van der Waals surface area contributed by atoms with Crippen molar-refractivity contribution in [2.45, 2.75) is 37.0 Å². The molecular formula is C28H36P2. The Hall–Kier alpha value is -1.22. The highest BCUT2D eigenvalue weighted by Crippen LogP contribution is 2.56. The van der Waals surface area contributed by atoms with Crippen LogP contribution in [-0.4, -0.2) is 37.0 Å². The Balaban J connectivity index is 1.54. The van der Waals surface area contributed by atoms with E-state index in [0.29, 0.717) is 11.8 Å². The summed E-state index contributed by atoms with van der Waals surface area (Å²) in [5, 5.41) is 0. The van der Waals surface area contributed by atoms with Crippen LogP contribution in [0.15, 0.2) is 96.2 Å². The highest BCUT2D eigenvalue weighted by Gasteiger charge is 2.33. The van der Waals surface area contributed by atoms with Crippen molar-refractivity contribution in [2.75, 3.05) is 25.7 Å². The van der Waals surface area contributed by atoms with E-state index in [2.05, 4.69) is 98.4 Å². The summed E-state index contributed by atoms with van der Waals surface area (Å²) in [5.74, 6) is 1.31. The van der Waals surface area contributed by atoms with E-state index >= 15 is 0 Å². The fraction of sp³-hybridized carbons (Fsp3) is 0.429. The van der Waals surface area contributed by atoms with Gasteiger partial charge in [0.2, 0.25) is 0 Å². The number of rotatable bonds is 11. The van der Waals surface area contributed by atoms with Gasteiger partial charge in [-0.05, 0) is 74.5 Å². The molecule has 4 rings (SSSR count). The molecule has 0 bridgehead atoms. The molecule has 0 aromatic heterocycles. The summed E-state index contributed by atoms with van der Waals surface area (Å²) in [6, 6.07) is 0. The third-order valence-electron chi connectivity index (χ3n) is 6.86. The van der Waals surface area contributed by atoms with Gasteiger partial charge in [0.25, 0.3) is 0 Å². The molecule has 0 fully saturated rings. The SMILES string of the molecule is CP(CC1=CC=CC1)C(CC1=CC=CC1)C(CC1C=CC=C1)P(C)CC1C=CC=C1. The molecular weight excluding hydrogens is 398 g/mol. The van der Waals surface area contributed by atoms with Crippen molar-refractivity contribution in [3.05, 3.63) is 96.2 Å². The summed E-state index contributed by atoms with van der Waals surface area (Å²) in [5.41, 5.74) is 5.00. The van der Waals surface area contributed by atoms with E-state index in [1.54, 1.807) is 11.1 Å². The van der Waals surface area contributed by atoms with Gasteiger partial charge in [-0.15, -0.1) is 15.8 Å². The van der Waals surface area contributed by atoms with Gasteiger partial charge in [-0.3, -0.25) is 0 Å². The van der Waals surface area contributed by atoms with Gasteiger partial charge >= 0.3 is 0 Å². The highest BCUT2D eigenvalue weighted by atomic mass is 31.1. The van der Waals surface area contributed by atoms with E-state index in [0.717, 1.165) is 11.3 Å². The summed E-state index contributed by atoms with van der Waals surface area (Å²) < 4.78 is 0.